The van der Waals surface area contributed by atoms with Crippen LogP contribution in [0.4, 0.5) is 5.69 Å². The molecule has 1 N–H and O–H groups in total. The number of hydrogen-bond donors (Lipinski definition) is 1. The maximum atomic E-state index is 12.2. The number of nitrogens with one attached hydrogen (secondary N) is 1. The van der Waals surface area contributed by atoms with Crippen molar-refractivity contribution in [3.63, 3.8) is 0 Å². The standard InChI is InChI=1S/C17H15Cl3N2O2/c1-22(16(24)9-11-5-2-3-6-12(11)18)10-15(23)21-17-13(19)7-4-8-14(17)20/h2-8H,9-10H2,1H3,(H,21,23). The van der Waals surface area contributed by atoms with Crippen LogP contribution < -0.4 is 5.32 Å². The molecule has 0 aliphatic rings. The number of likely N-dealkylation sites (N-methyl/N-ethyl adjacent to an activating group) is 1. The van der Waals surface area contributed by atoms with Crippen LogP contribution in [-0.4, -0.2) is 30.3 Å². The van der Waals surface area contributed by atoms with Gasteiger partial charge >= 0.3 is 0 Å². The zero-order valence-corrected chi connectivity index (χ0v) is 15.1. The van der Waals surface area contributed by atoms with Crippen molar-refractivity contribution < 1.29 is 9.59 Å². The summed E-state index contributed by atoms with van der Waals surface area (Å²) in [5, 5.41) is 3.81. The molecule has 0 spiro atoms. The molecule has 0 unspecified atom stereocenters. The number of amides is 2. The highest BCUT2D eigenvalue weighted by Gasteiger charge is 2.16. The first-order chi connectivity index (χ1) is 11.4. The molecular formula is C17H15Cl3N2O2. The molecule has 2 amide bonds. The Balaban J connectivity index is 1.96. The lowest BCUT2D eigenvalue weighted by atomic mass is 10.1. The Hall–Kier alpha value is -1.75. The fourth-order valence-electron chi connectivity index (χ4n) is 2.04. The number of carbonyl (C=O) groups excluding carboxylic acids is 2. The second-order valence-corrected chi connectivity index (χ2v) is 6.38. The fraction of sp³-hybridized carbons (Fsp3) is 0.176. The van der Waals surface area contributed by atoms with Crippen LogP contribution in [0.15, 0.2) is 42.5 Å². The molecule has 2 aromatic rings. The van der Waals surface area contributed by atoms with Gasteiger partial charge in [0.25, 0.3) is 0 Å². The number of nitrogens with zero attached hydrogens (tertiary/aromatic N) is 1. The predicted octanol–water partition coefficient (Wildman–Crippen LogP) is 4.29. The van der Waals surface area contributed by atoms with Gasteiger partial charge in [-0.2, -0.15) is 0 Å². The molecule has 0 saturated heterocycles. The summed E-state index contributed by atoms with van der Waals surface area (Å²) in [7, 11) is 1.55. The molecule has 0 aromatic heterocycles. The number of benzene rings is 2. The molecule has 24 heavy (non-hydrogen) atoms. The maximum Gasteiger partial charge on any atom is 0.244 e. The first-order valence-electron chi connectivity index (χ1n) is 7.09. The Morgan fingerprint density at radius 1 is 0.958 bits per heavy atom. The smallest absolute Gasteiger partial charge is 0.244 e. The van der Waals surface area contributed by atoms with Crippen LogP contribution in [-0.2, 0) is 16.0 Å². The topological polar surface area (TPSA) is 49.4 Å². The van der Waals surface area contributed by atoms with Gasteiger partial charge in [0.05, 0.1) is 28.7 Å². The van der Waals surface area contributed by atoms with E-state index in [-0.39, 0.29) is 24.8 Å². The molecule has 4 nitrogen and oxygen atoms in total. The number of hydrogen-bond acceptors (Lipinski definition) is 2. The van der Waals surface area contributed by atoms with Crippen molar-refractivity contribution in [1.82, 2.24) is 4.90 Å². The third-order valence-corrected chi connectivity index (χ3v) is 4.33. The minimum absolute atomic E-state index is 0.120. The molecule has 0 saturated carbocycles. The van der Waals surface area contributed by atoms with Gasteiger partial charge in [0.15, 0.2) is 0 Å². The van der Waals surface area contributed by atoms with Gasteiger partial charge in [-0.3, -0.25) is 9.59 Å². The average molecular weight is 386 g/mol. The van der Waals surface area contributed by atoms with Crippen LogP contribution in [0, 0.1) is 0 Å². The second kappa shape index (κ2) is 8.38. The summed E-state index contributed by atoms with van der Waals surface area (Å²) in [4.78, 5) is 25.6. The molecule has 0 bridgehead atoms. The summed E-state index contributed by atoms with van der Waals surface area (Å²) >= 11 is 18.0. The lowest BCUT2D eigenvalue weighted by Crippen LogP contribution is -2.35. The minimum atomic E-state index is -0.389. The molecule has 126 valence electrons. The number of para-hydroxylation sites is 1. The lowest BCUT2D eigenvalue weighted by molar-refractivity contribution is -0.132. The second-order valence-electron chi connectivity index (χ2n) is 5.16. The molecule has 2 aromatic carbocycles. The summed E-state index contributed by atoms with van der Waals surface area (Å²) in [6, 6.07) is 12.0. The van der Waals surface area contributed by atoms with E-state index in [4.69, 9.17) is 34.8 Å². The Morgan fingerprint density at radius 2 is 1.54 bits per heavy atom. The van der Waals surface area contributed by atoms with Gasteiger partial charge in [0, 0.05) is 12.1 Å². The van der Waals surface area contributed by atoms with Crippen LogP contribution in [0.2, 0.25) is 15.1 Å². The molecule has 0 atom stereocenters. The highest BCUT2D eigenvalue weighted by molar-refractivity contribution is 6.39. The van der Waals surface area contributed by atoms with Gasteiger partial charge in [-0.1, -0.05) is 59.1 Å². The number of rotatable bonds is 5. The van der Waals surface area contributed by atoms with E-state index in [0.717, 1.165) is 0 Å². The number of halogens is 3. The fourth-order valence-corrected chi connectivity index (χ4v) is 2.73. The van der Waals surface area contributed by atoms with E-state index in [1.54, 1.807) is 49.5 Å². The number of anilines is 1. The van der Waals surface area contributed by atoms with Crippen LogP contribution in [0.3, 0.4) is 0 Å². The Bertz CT molecular complexity index is 745. The van der Waals surface area contributed by atoms with Crippen LogP contribution in [0.5, 0.6) is 0 Å². The average Bonchev–Trinajstić information content (AvgIpc) is 2.53. The van der Waals surface area contributed by atoms with E-state index in [9.17, 15) is 9.59 Å². The SMILES string of the molecule is CN(CC(=O)Nc1c(Cl)cccc1Cl)C(=O)Cc1ccccc1Cl. The van der Waals surface area contributed by atoms with E-state index in [1.807, 2.05) is 0 Å². The molecule has 7 heteroatoms. The predicted molar refractivity (Wildman–Crippen MR) is 97.9 cm³/mol. The van der Waals surface area contributed by atoms with Gasteiger partial charge in [0.2, 0.25) is 11.8 Å². The van der Waals surface area contributed by atoms with Crippen molar-refractivity contribution >= 4 is 52.3 Å². The third kappa shape index (κ3) is 4.87. The molecule has 0 aliphatic heterocycles. The highest BCUT2D eigenvalue weighted by Crippen LogP contribution is 2.29. The summed E-state index contributed by atoms with van der Waals surface area (Å²) < 4.78 is 0. The van der Waals surface area contributed by atoms with E-state index in [2.05, 4.69) is 5.32 Å². The highest BCUT2D eigenvalue weighted by atomic mass is 35.5. The zero-order chi connectivity index (χ0) is 17.7. The quantitative estimate of drug-likeness (QED) is 0.835. The zero-order valence-electron chi connectivity index (χ0n) is 12.9. The molecule has 0 fully saturated rings. The van der Waals surface area contributed by atoms with Gasteiger partial charge < -0.3 is 10.2 Å². The Kier molecular flexibility index (Phi) is 6.49. The van der Waals surface area contributed by atoms with Gasteiger partial charge in [-0.05, 0) is 23.8 Å². The molecule has 0 heterocycles. The summed E-state index contributed by atoms with van der Waals surface area (Å²) in [6.07, 6.45) is 0.121. The van der Waals surface area contributed by atoms with Crippen molar-refractivity contribution in [1.29, 1.82) is 0 Å². The first kappa shape index (κ1) is 18.6. The molecular weight excluding hydrogens is 371 g/mol. The summed E-state index contributed by atoms with van der Waals surface area (Å²) in [5.74, 6) is -0.608. The van der Waals surface area contributed by atoms with Crippen molar-refractivity contribution in [2.24, 2.45) is 0 Å². The lowest BCUT2D eigenvalue weighted by Gasteiger charge is -2.18. The van der Waals surface area contributed by atoms with Crippen LogP contribution in [0.1, 0.15) is 5.56 Å². The molecule has 0 radical (unpaired) electrons. The molecule has 0 aliphatic carbocycles. The Labute approximate surface area is 155 Å². The van der Waals surface area contributed by atoms with Crippen LogP contribution >= 0.6 is 34.8 Å². The largest absolute Gasteiger partial charge is 0.336 e. The van der Waals surface area contributed by atoms with E-state index < -0.39 is 0 Å². The van der Waals surface area contributed by atoms with Gasteiger partial charge in [-0.25, -0.2) is 0 Å². The molecule has 2 rings (SSSR count). The van der Waals surface area contributed by atoms with Crippen LogP contribution in [0.25, 0.3) is 0 Å². The van der Waals surface area contributed by atoms with E-state index in [0.29, 0.717) is 26.3 Å². The van der Waals surface area contributed by atoms with Crippen molar-refractivity contribution in [2.75, 3.05) is 18.9 Å². The van der Waals surface area contributed by atoms with Crippen molar-refractivity contribution in [2.45, 2.75) is 6.42 Å². The minimum Gasteiger partial charge on any atom is -0.336 e. The van der Waals surface area contributed by atoms with Gasteiger partial charge in [-0.15, -0.1) is 0 Å². The monoisotopic (exact) mass is 384 g/mol. The third-order valence-electron chi connectivity index (χ3n) is 3.33. The van der Waals surface area contributed by atoms with E-state index >= 15 is 0 Å². The first-order valence-corrected chi connectivity index (χ1v) is 8.23. The van der Waals surface area contributed by atoms with Crippen molar-refractivity contribution in [3.05, 3.63) is 63.1 Å². The maximum absolute atomic E-state index is 12.2. The number of carbonyl (C=O) groups is 2. The summed E-state index contributed by atoms with van der Waals surface area (Å²) in [5.41, 5.74) is 1.04. The Morgan fingerprint density at radius 3 is 2.17 bits per heavy atom. The van der Waals surface area contributed by atoms with Crippen molar-refractivity contribution in [3.8, 4) is 0 Å². The summed E-state index contributed by atoms with van der Waals surface area (Å²) in [6.45, 7) is -0.120. The van der Waals surface area contributed by atoms with Gasteiger partial charge in [0.1, 0.15) is 0 Å². The van der Waals surface area contributed by atoms with E-state index in [1.165, 1.54) is 4.90 Å². The normalized spacial score (nSPS) is 10.3.